The molecule has 0 fully saturated rings. The Morgan fingerprint density at radius 2 is 1.00 bits per heavy atom. The molecular formula is C16H38N2. The summed E-state index contributed by atoms with van der Waals surface area (Å²) in [5.41, 5.74) is 11.0. The van der Waals surface area contributed by atoms with E-state index in [1.54, 1.807) is 0 Å². The van der Waals surface area contributed by atoms with Crippen molar-refractivity contribution in [2.75, 3.05) is 13.1 Å². The molecule has 0 radical (unpaired) electrons. The van der Waals surface area contributed by atoms with E-state index in [2.05, 4.69) is 27.7 Å². The van der Waals surface area contributed by atoms with E-state index in [1.807, 2.05) is 0 Å². The van der Waals surface area contributed by atoms with Crippen LogP contribution in [0.25, 0.3) is 0 Å². The second-order valence-corrected chi connectivity index (χ2v) is 5.30. The zero-order valence-corrected chi connectivity index (χ0v) is 13.4. The van der Waals surface area contributed by atoms with Gasteiger partial charge in [-0.1, -0.05) is 66.2 Å². The summed E-state index contributed by atoms with van der Waals surface area (Å²) < 4.78 is 0. The summed E-state index contributed by atoms with van der Waals surface area (Å²) in [6.07, 6.45) is 10.4. The van der Waals surface area contributed by atoms with E-state index in [4.69, 9.17) is 11.5 Å². The van der Waals surface area contributed by atoms with Crippen LogP contribution in [0.3, 0.4) is 0 Å². The zero-order valence-electron chi connectivity index (χ0n) is 13.4. The standard InChI is InChI=1S/2C8H19N/c2*1-3-5-6-8(4-2)7-9/h2*8H,3-7,9H2,1-2H3. The van der Waals surface area contributed by atoms with Crippen molar-refractivity contribution in [3.05, 3.63) is 0 Å². The number of unbranched alkanes of at least 4 members (excludes halogenated alkanes) is 2. The molecule has 0 bridgehead atoms. The average molecular weight is 258 g/mol. The minimum atomic E-state index is 0.782. The van der Waals surface area contributed by atoms with E-state index < -0.39 is 0 Å². The Morgan fingerprint density at radius 3 is 1.17 bits per heavy atom. The first-order chi connectivity index (χ1) is 8.69. The molecule has 18 heavy (non-hydrogen) atoms. The third-order valence-electron chi connectivity index (χ3n) is 3.75. The predicted molar refractivity (Wildman–Crippen MR) is 84.7 cm³/mol. The fourth-order valence-corrected chi connectivity index (χ4v) is 1.96. The van der Waals surface area contributed by atoms with Crippen molar-refractivity contribution in [1.29, 1.82) is 0 Å². The Labute approximate surface area is 116 Å². The van der Waals surface area contributed by atoms with Crippen molar-refractivity contribution >= 4 is 0 Å². The summed E-state index contributed by atoms with van der Waals surface area (Å²) in [6, 6.07) is 0. The summed E-state index contributed by atoms with van der Waals surface area (Å²) in [6.45, 7) is 10.6. The maximum absolute atomic E-state index is 5.52. The quantitative estimate of drug-likeness (QED) is 0.613. The van der Waals surface area contributed by atoms with E-state index in [0.717, 1.165) is 24.9 Å². The van der Waals surface area contributed by atoms with Gasteiger partial charge >= 0.3 is 0 Å². The first-order valence-electron chi connectivity index (χ1n) is 8.09. The van der Waals surface area contributed by atoms with Crippen molar-refractivity contribution in [2.24, 2.45) is 23.3 Å². The Morgan fingerprint density at radius 1 is 0.667 bits per heavy atom. The monoisotopic (exact) mass is 258 g/mol. The van der Waals surface area contributed by atoms with Gasteiger partial charge in [-0.2, -0.15) is 0 Å². The largest absolute Gasteiger partial charge is 0.330 e. The first kappa shape index (κ1) is 20.2. The summed E-state index contributed by atoms with van der Waals surface area (Å²) >= 11 is 0. The van der Waals surface area contributed by atoms with Gasteiger partial charge in [0.15, 0.2) is 0 Å². The lowest BCUT2D eigenvalue weighted by Gasteiger charge is -2.09. The molecule has 2 heteroatoms. The Balaban J connectivity index is 0. The molecule has 0 rings (SSSR count). The Hall–Kier alpha value is -0.0800. The van der Waals surface area contributed by atoms with Gasteiger partial charge in [0.25, 0.3) is 0 Å². The molecule has 0 spiro atoms. The molecule has 0 aromatic carbocycles. The molecule has 0 aliphatic rings. The molecule has 0 saturated heterocycles. The van der Waals surface area contributed by atoms with Crippen LogP contribution in [-0.4, -0.2) is 13.1 Å². The fourth-order valence-electron chi connectivity index (χ4n) is 1.96. The topological polar surface area (TPSA) is 52.0 Å². The van der Waals surface area contributed by atoms with Crippen molar-refractivity contribution < 1.29 is 0 Å². The zero-order chi connectivity index (χ0) is 14.2. The predicted octanol–water partition coefficient (Wildman–Crippen LogP) is 4.32. The van der Waals surface area contributed by atoms with Crippen LogP contribution in [0.15, 0.2) is 0 Å². The molecule has 0 heterocycles. The highest BCUT2D eigenvalue weighted by molar-refractivity contribution is 4.56. The van der Waals surface area contributed by atoms with Gasteiger partial charge in [-0.3, -0.25) is 0 Å². The lowest BCUT2D eigenvalue weighted by atomic mass is 10.00. The normalized spacial score (nSPS) is 13.7. The van der Waals surface area contributed by atoms with Crippen molar-refractivity contribution in [2.45, 2.75) is 79.1 Å². The number of hydrogen-bond donors (Lipinski definition) is 2. The molecule has 4 N–H and O–H groups in total. The van der Waals surface area contributed by atoms with E-state index in [0.29, 0.717) is 0 Å². The molecule has 2 atom stereocenters. The van der Waals surface area contributed by atoms with E-state index in [9.17, 15) is 0 Å². The molecule has 0 aromatic rings. The SMILES string of the molecule is CCCCC(CC)CN.CCCCC(CC)CN. The molecule has 0 saturated carbocycles. The lowest BCUT2D eigenvalue weighted by molar-refractivity contribution is 0.461. The van der Waals surface area contributed by atoms with Gasteiger partial charge in [-0.25, -0.2) is 0 Å². The van der Waals surface area contributed by atoms with Crippen LogP contribution in [0.5, 0.6) is 0 Å². The summed E-state index contributed by atoms with van der Waals surface area (Å²) in [7, 11) is 0. The van der Waals surface area contributed by atoms with Crippen LogP contribution < -0.4 is 11.5 Å². The molecule has 112 valence electrons. The van der Waals surface area contributed by atoms with Crippen molar-refractivity contribution in [1.82, 2.24) is 0 Å². The molecule has 2 nitrogen and oxygen atoms in total. The van der Waals surface area contributed by atoms with Crippen LogP contribution in [-0.2, 0) is 0 Å². The maximum Gasteiger partial charge on any atom is -0.00490 e. The van der Waals surface area contributed by atoms with Crippen molar-refractivity contribution in [3.63, 3.8) is 0 Å². The van der Waals surface area contributed by atoms with Crippen LogP contribution in [0, 0.1) is 11.8 Å². The van der Waals surface area contributed by atoms with Crippen LogP contribution >= 0.6 is 0 Å². The van der Waals surface area contributed by atoms with Gasteiger partial charge < -0.3 is 11.5 Å². The van der Waals surface area contributed by atoms with Gasteiger partial charge in [-0.05, 0) is 37.8 Å². The van der Waals surface area contributed by atoms with E-state index >= 15 is 0 Å². The summed E-state index contributed by atoms with van der Waals surface area (Å²) in [4.78, 5) is 0. The Bertz CT molecular complexity index is 113. The van der Waals surface area contributed by atoms with Gasteiger partial charge in [-0.15, -0.1) is 0 Å². The van der Waals surface area contributed by atoms with Gasteiger partial charge in [0, 0.05) is 0 Å². The summed E-state index contributed by atoms with van der Waals surface area (Å²) in [5, 5.41) is 0. The highest BCUT2D eigenvalue weighted by Gasteiger charge is 2.01. The summed E-state index contributed by atoms with van der Waals surface area (Å²) in [5.74, 6) is 1.56. The van der Waals surface area contributed by atoms with Crippen molar-refractivity contribution in [3.8, 4) is 0 Å². The first-order valence-corrected chi connectivity index (χ1v) is 8.09. The molecule has 0 aromatic heterocycles. The number of nitrogens with two attached hydrogens (primary N) is 2. The van der Waals surface area contributed by atoms with Gasteiger partial charge in [0.2, 0.25) is 0 Å². The average Bonchev–Trinajstić information content (AvgIpc) is 2.42. The van der Waals surface area contributed by atoms with Crippen LogP contribution in [0.1, 0.15) is 79.1 Å². The molecule has 2 unspecified atom stereocenters. The highest BCUT2D eigenvalue weighted by Crippen LogP contribution is 2.10. The van der Waals surface area contributed by atoms with Gasteiger partial charge in [0.05, 0.1) is 0 Å². The van der Waals surface area contributed by atoms with E-state index in [-0.39, 0.29) is 0 Å². The minimum absolute atomic E-state index is 0.782. The molecular weight excluding hydrogens is 220 g/mol. The number of hydrogen-bond acceptors (Lipinski definition) is 2. The smallest absolute Gasteiger partial charge is 0.00490 e. The van der Waals surface area contributed by atoms with E-state index in [1.165, 1.54) is 51.4 Å². The molecule has 0 amide bonds. The second kappa shape index (κ2) is 16.9. The van der Waals surface area contributed by atoms with Crippen LogP contribution in [0.2, 0.25) is 0 Å². The third kappa shape index (κ3) is 14.0. The molecule has 0 aliphatic carbocycles. The van der Waals surface area contributed by atoms with Crippen LogP contribution in [0.4, 0.5) is 0 Å². The lowest BCUT2D eigenvalue weighted by Crippen LogP contribution is -2.12. The number of rotatable bonds is 10. The Kier molecular flexibility index (Phi) is 19.0. The van der Waals surface area contributed by atoms with Gasteiger partial charge in [0.1, 0.15) is 0 Å². The molecule has 0 aliphatic heterocycles. The highest BCUT2D eigenvalue weighted by atomic mass is 14.5. The third-order valence-corrected chi connectivity index (χ3v) is 3.75. The fraction of sp³-hybridized carbons (Fsp3) is 1.00. The second-order valence-electron chi connectivity index (χ2n) is 5.30. The minimum Gasteiger partial charge on any atom is -0.330 e. The maximum atomic E-state index is 5.52.